The Kier molecular flexibility index (Phi) is 51.5. The Morgan fingerprint density at radius 1 is 0.313 bits per heavy atom. The average Bonchev–Trinajstić information content (AvgIpc) is 3.33. The average molecular weight is 929 g/mol. The van der Waals surface area contributed by atoms with Crippen LogP contribution in [0.1, 0.15) is 239 Å². The monoisotopic (exact) mass is 929 g/mol. The molecule has 0 spiro atoms. The lowest BCUT2D eigenvalue weighted by atomic mass is 10.0. The molecule has 0 aliphatic carbocycles. The predicted molar refractivity (Wildman–Crippen MR) is 288 cm³/mol. The molecule has 0 aromatic rings. The Labute approximate surface area is 412 Å². The van der Waals surface area contributed by atoms with Gasteiger partial charge in [0.1, 0.15) is 13.2 Å². The van der Waals surface area contributed by atoms with E-state index >= 15 is 0 Å². The predicted octanol–water partition coefficient (Wildman–Crippen LogP) is 18.3. The van der Waals surface area contributed by atoms with Crippen molar-refractivity contribution >= 4 is 17.9 Å². The van der Waals surface area contributed by atoms with E-state index in [0.717, 1.165) is 96.3 Å². The van der Waals surface area contributed by atoms with Gasteiger partial charge in [0.05, 0.1) is 0 Å². The van der Waals surface area contributed by atoms with Crippen molar-refractivity contribution in [2.75, 3.05) is 13.2 Å². The molecule has 1 atom stereocenters. The summed E-state index contributed by atoms with van der Waals surface area (Å²) in [4.78, 5) is 38.1. The van der Waals surface area contributed by atoms with Crippen molar-refractivity contribution in [3.63, 3.8) is 0 Å². The van der Waals surface area contributed by atoms with Gasteiger partial charge in [-0.15, -0.1) is 0 Å². The van der Waals surface area contributed by atoms with Crippen LogP contribution in [0, 0.1) is 0 Å². The van der Waals surface area contributed by atoms with Gasteiger partial charge in [-0.2, -0.15) is 0 Å². The molecular formula is C61H100O6. The normalized spacial score (nSPS) is 12.9. The molecule has 0 fully saturated rings. The first-order valence-electron chi connectivity index (χ1n) is 27.5. The highest BCUT2D eigenvalue weighted by atomic mass is 16.6. The largest absolute Gasteiger partial charge is 0.462 e. The molecule has 0 aliphatic rings. The van der Waals surface area contributed by atoms with Crippen LogP contribution in [0.3, 0.4) is 0 Å². The van der Waals surface area contributed by atoms with E-state index in [1.807, 2.05) is 60.8 Å². The van der Waals surface area contributed by atoms with Crippen molar-refractivity contribution in [2.45, 2.75) is 245 Å². The van der Waals surface area contributed by atoms with Crippen molar-refractivity contribution < 1.29 is 28.6 Å². The highest BCUT2D eigenvalue weighted by molar-refractivity contribution is 5.71. The minimum atomic E-state index is -0.805. The van der Waals surface area contributed by atoms with Gasteiger partial charge in [-0.1, -0.05) is 271 Å². The van der Waals surface area contributed by atoms with Crippen molar-refractivity contribution in [1.29, 1.82) is 0 Å². The smallest absolute Gasteiger partial charge is 0.306 e. The summed E-state index contributed by atoms with van der Waals surface area (Å²) in [5, 5.41) is 0. The second kappa shape index (κ2) is 54.7. The quantitative estimate of drug-likeness (QED) is 0.0262. The van der Waals surface area contributed by atoms with Gasteiger partial charge >= 0.3 is 17.9 Å². The van der Waals surface area contributed by atoms with E-state index in [1.54, 1.807) is 0 Å². The van der Waals surface area contributed by atoms with Gasteiger partial charge in [-0.05, 0) is 57.8 Å². The summed E-state index contributed by atoms with van der Waals surface area (Å²) < 4.78 is 16.8. The van der Waals surface area contributed by atoms with Gasteiger partial charge in [-0.25, -0.2) is 0 Å². The molecule has 0 aromatic heterocycles. The molecule has 1 unspecified atom stereocenters. The lowest BCUT2D eigenvalue weighted by molar-refractivity contribution is -0.167. The topological polar surface area (TPSA) is 78.9 Å². The van der Waals surface area contributed by atoms with E-state index in [2.05, 4.69) is 69.4 Å². The molecule has 0 N–H and O–H groups in total. The standard InChI is InChI=1S/C61H100O6/c1-4-7-10-13-16-19-22-25-27-29-31-33-36-39-42-45-48-51-54-60(63)66-57-58(56-65-59(62)53-50-47-44-41-38-35-24-21-18-15-12-9-6-3)67-61(64)55-52-49-46-43-40-37-34-32-30-28-26-23-20-17-14-11-8-5-2/h9-10,12-13,15-16,18-19,21-22,24-25,27,29,31,33,35,38,58H,4-8,11,14,17,20,23,26,28,30,32,34,36-37,39-57H2,1-3H3/b12-9-,13-10-,18-15-,19-16-,24-21-,25-22-,29-27-,33-31-,38-35-. The highest BCUT2D eigenvalue weighted by Gasteiger charge is 2.19. The van der Waals surface area contributed by atoms with E-state index < -0.39 is 6.10 Å². The number of ether oxygens (including phenoxy) is 3. The fraction of sp³-hybridized carbons (Fsp3) is 0.656. The van der Waals surface area contributed by atoms with Crippen LogP contribution in [0.15, 0.2) is 109 Å². The zero-order valence-electron chi connectivity index (χ0n) is 43.4. The molecule has 0 radical (unpaired) electrons. The molecule has 0 amide bonds. The number of carbonyl (C=O) groups is 3. The Morgan fingerprint density at radius 2 is 0.612 bits per heavy atom. The summed E-state index contributed by atoms with van der Waals surface area (Å²) in [6.45, 7) is 6.36. The molecule has 6 heteroatoms. The molecular weight excluding hydrogens is 829 g/mol. The lowest BCUT2D eigenvalue weighted by Crippen LogP contribution is -2.30. The van der Waals surface area contributed by atoms with Crippen LogP contribution in [0.4, 0.5) is 0 Å². The number of rotatable bonds is 48. The fourth-order valence-electron chi connectivity index (χ4n) is 7.37. The first-order chi connectivity index (χ1) is 33.0. The number of unbranched alkanes of at least 4 members (excludes halogenated alkanes) is 26. The first kappa shape index (κ1) is 63.1. The van der Waals surface area contributed by atoms with Crippen LogP contribution in [0.25, 0.3) is 0 Å². The number of carbonyl (C=O) groups excluding carboxylic acids is 3. The summed E-state index contributed by atoms with van der Waals surface area (Å²) >= 11 is 0. The van der Waals surface area contributed by atoms with E-state index in [1.165, 1.54) is 103 Å². The van der Waals surface area contributed by atoms with Crippen LogP contribution < -0.4 is 0 Å². The van der Waals surface area contributed by atoms with E-state index in [4.69, 9.17) is 14.2 Å². The molecule has 0 aliphatic heterocycles. The Balaban J connectivity index is 4.47. The number of hydrogen-bond donors (Lipinski definition) is 0. The molecule has 6 nitrogen and oxygen atoms in total. The third-order valence-corrected chi connectivity index (χ3v) is 11.5. The summed E-state index contributed by atoms with van der Waals surface area (Å²) in [5.74, 6) is -0.965. The molecule has 0 saturated heterocycles. The van der Waals surface area contributed by atoms with Crippen molar-refractivity contribution in [3.8, 4) is 0 Å². The minimum absolute atomic E-state index is 0.105. The Bertz CT molecular complexity index is 1390. The van der Waals surface area contributed by atoms with Gasteiger partial charge < -0.3 is 14.2 Å². The van der Waals surface area contributed by atoms with E-state index in [-0.39, 0.29) is 31.1 Å². The minimum Gasteiger partial charge on any atom is -0.462 e. The molecule has 0 saturated carbocycles. The zero-order valence-corrected chi connectivity index (χ0v) is 43.4. The summed E-state index contributed by atoms with van der Waals surface area (Å²) in [6.07, 6.45) is 73.6. The van der Waals surface area contributed by atoms with Gasteiger partial charge in [0, 0.05) is 19.3 Å². The second-order valence-electron chi connectivity index (χ2n) is 18.0. The SMILES string of the molecule is CC\C=C/C=C\C=C/C=C\CCCCCC(=O)OCC(COC(=O)CCCCCCC\C=C/C=C\C=C/C=C\C=C/CCC)OC(=O)CCCCCCCCCCCCCCCCCCCC. The maximum Gasteiger partial charge on any atom is 0.306 e. The Hall–Kier alpha value is -3.93. The van der Waals surface area contributed by atoms with Crippen LogP contribution in [-0.4, -0.2) is 37.2 Å². The lowest BCUT2D eigenvalue weighted by Gasteiger charge is -2.18. The summed E-state index contributed by atoms with van der Waals surface area (Å²) in [7, 11) is 0. The van der Waals surface area contributed by atoms with Crippen LogP contribution in [0.5, 0.6) is 0 Å². The second-order valence-corrected chi connectivity index (χ2v) is 18.0. The van der Waals surface area contributed by atoms with Gasteiger partial charge in [0.2, 0.25) is 0 Å². The zero-order chi connectivity index (χ0) is 48.6. The fourth-order valence-corrected chi connectivity index (χ4v) is 7.37. The van der Waals surface area contributed by atoms with Gasteiger partial charge in [0.25, 0.3) is 0 Å². The molecule has 0 bridgehead atoms. The molecule has 0 heterocycles. The Morgan fingerprint density at radius 3 is 0.985 bits per heavy atom. The van der Waals surface area contributed by atoms with Crippen LogP contribution >= 0.6 is 0 Å². The summed E-state index contributed by atoms with van der Waals surface area (Å²) in [6, 6.07) is 0. The maximum atomic E-state index is 12.8. The molecule has 380 valence electrons. The van der Waals surface area contributed by atoms with Crippen molar-refractivity contribution in [3.05, 3.63) is 109 Å². The highest BCUT2D eigenvalue weighted by Crippen LogP contribution is 2.16. The van der Waals surface area contributed by atoms with Gasteiger partial charge in [-0.3, -0.25) is 14.4 Å². The van der Waals surface area contributed by atoms with Crippen molar-refractivity contribution in [1.82, 2.24) is 0 Å². The van der Waals surface area contributed by atoms with E-state index in [9.17, 15) is 14.4 Å². The number of hydrogen-bond acceptors (Lipinski definition) is 6. The first-order valence-corrected chi connectivity index (χ1v) is 27.5. The van der Waals surface area contributed by atoms with Crippen LogP contribution in [0.2, 0.25) is 0 Å². The molecule has 67 heavy (non-hydrogen) atoms. The van der Waals surface area contributed by atoms with E-state index in [0.29, 0.717) is 19.3 Å². The third-order valence-electron chi connectivity index (χ3n) is 11.5. The number of allylic oxidation sites excluding steroid dienone is 18. The van der Waals surface area contributed by atoms with Crippen LogP contribution in [-0.2, 0) is 28.6 Å². The maximum absolute atomic E-state index is 12.8. The van der Waals surface area contributed by atoms with Crippen molar-refractivity contribution in [2.24, 2.45) is 0 Å². The number of esters is 3. The summed E-state index contributed by atoms with van der Waals surface area (Å²) in [5.41, 5.74) is 0. The third kappa shape index (κ3) is 52.9. The molecule has 0 aromatic carbocycles. The van der Waals surface area contributed by atoms with Gasteiger partial charge in [0.15, 0.2) is 6.10 Å². The molecule has 0 rings (SSSR count).